The van der Waals surface area contributed by atoms with Crippen molar-refractivity contribution in [1.29, 1.82) is 0 Å². The molecule has 1 atom stereocenters. The van der Waals surface area contributed by atoms with Crippen LogP contribution in [-0.2, 0) is 4.74 Å². The molecule has 2 aromatic rings. The fraction of sp³-hybridized carbons (Fsp3) is 0.353. The van der Waals surface area contributed by atoms with E-state index in [1.165, 1.54) is 4.88 Å². The third kappa shape index (κ3) is 3.26. The Hall–Kier alpha value is -1.17. The molecule has 1 aromatic heterocycles. The summed E-state index contributed by atoms with van der Waals surface area (Å²) in [5.41, 5.74) is 1.94. The summed E-state index contributed by atoms with van der Waals surface area (Å²) >= 11 is 5.12. The Balaban J connectivity index is 1.76. The zero-order valence-electron chi connectivity index (χ0n) is 12.6. The van der Waals surface area contributed by atoms with Gasteiger partial charge in [0, 0.05) is 20.8 Å². The number of benzene rings is 1. The molecule has 0 bridgehead atoms. The molecule has 116 valence electrons. The van der Waals surface area contributed by atoms with Gasteiger partial charge in [-0.15, -0.1) is 11.3 Å². The third-order valence-corrected chi connectivity index (χ3v) is 5.36. The Morgan fingerprint density at radius 1 is 1.32 bits per heavy atom. The number of thiophene rings is 1. The average molecular weight is 380 g/mol. The summed E-state index contributed by atoms with van der Waals surface area (Å²) in [6.07, 6.45) is -0.0501. The van der Waals surface area contributed by atoms with Gasteiger partial charge in [-0.25, -0.2) is 0 Å². The number of rotatable bonds is 2. The van der Waals surface area contributed by atoms with Crippen molar-refractivity contribution in [2.24, 2.45) is 0 Å². The second-order valence-corrected chi connectivity index (χ2v) is 7.87. The lowest BCUT2D eigenvalue weighted by molar-refractivity contribution is -0.0228. The van der Waals surface area contributed by atoms with Crippen LogP contribution in [0.5, 0.6) is 0 Å². The van der Waals surface area contributed by atoms with Gasteiger partial charge in [-0.3, -0.25) is 4.79 Å². The fourth-order valence-electron chi connectivity index (χ4n) is 2.73. The van der Waals surface area contributed by atoms with Crippen LogP contribution < -0.4 is 0 Å². The molecular formula is C17H18BrNO2S. The van der Waals surface area contributed by atoms with Crippen molar-refractivity contribution in [2.45, 2.75) is 20.0 Å². The van der Waals surface area contributed by atoms with Crippen LogP contribution in [0.3, 0.4) is 0 Å². The zero-order chi connectivity index (χ0) is 15.7. The molecule has 0 radical (unpaired) electrons. The van der Waals surface area contributed by atoms with Crippen LogP contribution in [0.2, 0.25) is 0 Å². The number of aryl methyl sites for hydroxylation is 2. The van der Waals surface area contributed by atoms with Crippen LogP contribution in [-0.4, -0.2) is 30.5 Å². The minimum Gasteiger partial charge on any atom is -0.370 e. The molecule has 3 rings (SSSR count). The van der Waals surface area contributed by atoms with E-state index in [9.17, 15) is 4.79 Å². The lowest BCUT2D eigenvalue weighted by Gasteiger charge is -2.33. The van der Waals surface area contributed by atoms with Gasteiger partial charge in [-0.1, -0.05) is 28.1 Å². The number of amides is 1. The van der Waals surface area contributed by atoms with Gasteiger partial charge >= 0.3 is 0 Å². The van der Waals surface area contributed by atoms with Crippen molar-refractivity contribution < 1.29 is 9.53 Å². The summed E-state index contributed by atoms with van der Waals surface area (Å²) in [7, 11) is 0. The molecule has 22 heavy (non-hydrogen) atoms. The van der Waals surface area contributed by atoms with Crippen LogP contribution in [0, 0.1) is 13.8 Å². The maximum absolute atomic E-state index is 12.7. The van der Waals surface area contributed by atoms with E-state index in [1.54, 1.807) is 11.3 Å². The van der Waals surface area contributed by atoms with Gasteiger partial charge in [0.05, 0.1) is 18.7 Å². The van der Waals surface area contributed by atoms with Crippen molar-refractivity contribution in [3.05, 3.63) is 55.7 Å². The summed E-state index contributed by atoms with van der Waals surface area (Å²) in [4.78, 5) is 16.9. The maximum Gasteiger partial charge on any atom is 0.255 e. The zero-order valence-corrected chi connectivity index (χ0v) is 15.0. The number of carbonyl (C=O) groups excluding carboxylic acids is 1. The second-order valence-electron chi connectivity index (χ2n) is 5.49. The molecule has 1 amide bonds. The van der Waals surface area contributed by atoms with E-state index in [1.807, 2.05) is 49.1 Å². The average Bonchev–Trinajstić information content (AvgIpc) is 2.86. The highest BCUT2D eigenvalue weighted by Crippen LogP contribution is 2.27. The van der Waals surface area contributed by atoms with Gasteiger partial charge in [0.2, 0.25) is 0 Å². The summed E-state index contributed by atoms with van der Waals surface area (Å²) in [6, 6.07) is 10.1. The highest BCUT2D eigenvalue weighted by molar-refractivity contribution is 9.10. The van der Waals surface area contributed by atoms with Crippen molar-refractivity contribution in [3.63, 3.8) is 0 Å². The Labute approximate surface area is 143 Å². The van der Waals surface area contributed by atoms with E-state index in [2.05, 4.69) is 15.9 Å². The first-order chi connectivity index (χ1) is 10.5. The third-order valence-electron chi connectivity index (χ3n) is 3.87. The van der Waals surface area contributed by atoms with Gasteiger partial charge < -0.3 is 9.64 Å². The highest BCUT2D eigenvalue weighted by Gasteiger charge is 2.27. The molecule has 1 saturated heterocycles. The topological polar surface area (TPSA) is 29.5 Å². The first kappa shape index (κ1) is 15.7. The summed E-state index contributed by atoms with van der Waals surface area (Å²) in [5, 5.41) is 0. The number of nitrogens with zero attached hydrogens (tertiary/aromatic N) is 1. The number of hydrogen-bond donors (Lipinski definition) is 0. The Morgan fingerprint density at radius 3 is 2.68 bits per heavy atom. The smallest absolute Gasteiger partial charge is 0.255 e. The molecule has 5 heteroatoms. The van der Waals surface area contributed by atoms with Gasteiger partial charge in [-0.2, -0.15) is 0 Å². The normalized spacial score (nSPS) is 18.5. The van der Waals surface area contributed by atoms with Gasteiger partial charge in [0.1, 0.15) is 6.10 Å². The number of halogens is 1. The molecule has 3 nitrogen and oxygen atoms in total. The molecule has 0 N–H and O–H groups in total. The van der Waals surface area contributed by atoms with Crippen LogP contribution >= 0.6 is 27.3 Å². The van der Waals surface area contributed by atoms with Crippen molar-refractivity contribution in [2.75, 3.05) is 19.7 Å². The van der Waals surface area contributed by atoms with Crippen LogP contribution in [0.4, 0.5) is 0 Å². The molecule has 1 aliphatic rings. The quantitative estimate of drug-likeness (QED) is 0.776. The van der Waals surface area contributed by atoms with Crippen LogP contribution in [0.25, 0.3) is 0 Å². The van der Waals surface area contributed by atoms with Crippen molar-refractivity contribution in [1.82, 2.24) is 4.90 Å². The lowest BCUT2D eigenvalue weighted by atomic mass is 10.1. The molecule has 1 aliphatic heterocycles. The summed E-state index contributed by atoms with van der Waals surface area (Å²) < 4.78 is 6.89. The number of ether oxygens (including phenoxy) is 1. The number of morpholine rings is 1. The summed E-state index contributed by atoms with van der Waals surface area (Å²) in [5.74, 6) is 0.118. The summed E-state index contributed by atoms with van der Waals surface area (Å²) in [6.45, 7) is 5.89. The van der Waals surface area contributed by atoms with E-state index >= 15 is 0 Å². The largest absolute Gasteiger partial charge is 0.370 e. The van der Waals surface area contributed by atoms with Gasteiger partial charge in [-0.05, 0) is 37.6 Å². The Kier molecular flexibility index (Phi) is 4.66. The molecule has 1 unspecified atom stereocenters. The predicted molar refractivity (Wildman–Crippen MR) is 92.5 cm³/mol. The maximum atomic E-state index is 12.7. The first-order valence-electron chi connectivity index (χ1n) is 7.28. The lowest BCUT2D eigenvalue weighted by Crippen LogP contribution is -2.42. The highest BCUT2D eigenvalue weighted by atomic mass is 79.9. The molecule has 1 aromatic carbocycles. The van der Waals surface area contributed by atoms with Crippen molar-refractivity contribution >= 4 is 33.2 Å². The van der Waals surface area contributed by atoms with E-state index in [0.29, 0.717) is 19.7 Å². The van der Waals surface area contributed by atoms with Gasteiger partial charge in [0.25, 0.3) is 5.91 Å². The molecule has 2 heterocycles. The fourth-order valence-corrected chi connectivity index (χ4v) is 3.91. The minimum absolute atomic E-state index is 0.0501. The Morgan fingerprint density at radius 2 is 2.05 bits per heavy atom. The van der Waals surface area contributed by atoms with E-state index in [0.717, 1.165) is 20.5 Å². The monoisotopic (exact) mass is 379 g/mol. The molecular weight excluding hydrogens is 362 g/mol. The minimum atomic E-state index is -0.0501. The molecule has 1 fully saturated rings. The Bertz CT molecular complexity index is 680. The first-order valence-corrected chi connectivity index (χ1v) is 8.89. The predicted octanol–water partition coefficient (Wildman–Crippen LogP) is 4.34. The van der Waals surface area contributed by atoms with Crippen LogP contribution in [0.1, 0.15) is 31.8 Å². The van der Waals surface area contributed by atoms with E-state index in [4.69, 9.17) is 4.74 Å². The molecule has 0 spiro atoms. The standard InChI is InChI=1S/C17H18BrNO2S/c1-11-9-15(12(2)22-11)17(20)19-7-8-21-16(10-19)13-3-5-14(18)6-4-13/h3-6,9,16H,7-8,10H2,1-2H3. The molecule has 0 saturated carbocycles. The number of hydrogen-bond acceptors (Lipinski definition) is 3. The van der Waals surface area contributed by atoms with Crippen molar-refractivity contribution in [3.8, 4) is 0 Å². The van der Waals surface area contributed by atoms with Gasteiger partial charge in [0.15, 0.2) is 0 Å². The molecule has 0 aliphatic carbocycles. The van der Waals surface area contributed by atoms with Crippen LogP contribution in [0.15, 0.2) is 34.8 Å². The van der Waals surface area contributed by atoms with E-state index in [-0.39, 0.29) is 12.0 Å². The second kappa shape index (κ2) is 6.52. The number of carbonyl (C=O) groups is 1. The SMILES string of the molecule is Cc1cc(C(=O)N2CCOC(c3ccc(Br)cc3)C2)c(C)s1. The van der Waals surface area contributed by atoms with E-state index < -0.39 is 0 Å².